The van der Waals surface area contributed by atoms with E-state index >= 15 is 0 Å². The first kappa shape index (κ1) is 15.2. The summed E-state index contributed by atoms with van der Waals surface area (Å²) >= 11 is 0. The Labute approximate surface area is 123 Å². The third kappa shape index (κ3) is 3.26. The molecule has 1 atom stereocenters. The topological polar surface area (TPSA) is 24.5 Å². The average molecular weight is 276 g/mol. The zero-order valence-electron chi connectivity index (χ0n) is 13.4. The van der Waals surface area contributed by atoms with E-state index in [-0.39, 0.29) is 5.54 Å². The SMILES string of the molecule is CCOc1ccccc1N1CC(C)(C)NCC1C(C)C. The predicted molar refractivity (Wildman–Crippen MR) is 85.7 cm³/mol. The summed E-state index contributed by atoms with van der Waals surface area (Å²) in [6.45, 7) is 13.9. The molecule has 1 saturated heterocycles. The minimum atomic E-state index is 0.130. The van der Waals surface area contributed by atoms with Gasteiger partial charge in [-0.15, -0.1) is 0 Å². The van der Waals surface area contributed by atoms with Crippen molar-refractivity contribution in [2.45, 2.75) is 46.2 Å². The molecule has 1 aliphatic rings. The van der Waals surface area contributed by atoms with Crippen molar-refractivity contribution in [2.24, 2.45) is 5.92 Å². The van der Waals surface area contributed by atoms with Gasteiger partial charge in [0.1, 0.15) is 5.75 Å². The molecule has 1 unspecified atom stereocenters. The highest BCUT2D eigenvalue weighted by Crippen LogP contribution is 2.34. The fourth-order valence-electron chi connectivity index (χ4n) is 2.92. The van der Waals surface area contributed by atoms with E-state index in [2.05, 4.69) is 56.1 Å². The highest BCUT2D eigenvalue weighted by Gasteiger charge is 2.35. The third-order valence-electron chi connectivity index (χ3n) is 4.00. The van der Waals surface area contributed by atoms with E-state index in [0.29, 0.717) is 18.6 Å². The summed E-state index contributed by atoms with van der Waals surface area (Å²) in [4.78, 5) is 2.52. The smallest absolute Gasteiger partial charge is 0.142 e. The van der Waals surface area contributed by atoms with Gasteiger partial charge in [0, 0.05) is 24.7 Å². The Hall–Kier alpha value is -1.22. The van der Waals surface area contributed by atoms with Gasteiger partial charge in [0.15, 0.2) is 0 Å². The Balaban J connectivity index is 2.35. The average Bonchev–Trinajstić information content (AvgIpc) is 2.38. The van der Waals surface area contributed by atoms with E-state index in [0.717, 1.165) is 18.8 Å². The van der Waals surface area contributed by atoms with Gasteiger partial charge >= 0.3 is 0 Å². The minimum Gasteiger partial charge on any atom is -0.492 e. The molecule has 0 saturated carbocycles. The Kier molecular flexibility index (Phi) is 4.59. The number of para-hydroxylation sites is 2. The molecule has 3 heteroatoms. The second kappa shape index (κ2) is 6.04. The summed E-state index contributed by atoms with van der Waals surface area (Å²) in [6, 6.07) is 8.91. The molecule has 0 radical (unpaired) electrons. The number of anilines is 1. The maximum atomic E-state index is 5.82. The first-order valence-electron chi connectivity index (χ1n) is 7.68. The molecule has 0 amide bonds. The third-order valence-corrected chi connectivity index (χ3v) is 4.00. The molecule has 1 aromatic carbocycles. The molecule has 1 aromatic rings. The summed E-state index contributed by atoms with van der Waals surface area (Å²) < 4.78 is 5.82. The molecule has 0 spiro atoms. The van der Waals surface area contributed by atoms with Crippen molar-refractivity contribution in [3.63, 3.8) is 0 Å². The molecular formula is C17H28N2O. The predicted octanol–water partition coefficient (Wildman–Crippen LogP) is 3.30. The Morgan fingerprint density at radius 1 is 1.35 bits per heavy atom. The lowest BCUT2D eigenvalue weighted by Gasteiger charge is -2.47. The lowest BCUT2D eigenvalue weighted by atomic mass is 9.92. The molecule has 0 aromatic heterocycles. The number of nitrogens with one attached hydrogen (secondary N) is 1. The number of benzene rings is 1. The van der Waals surface area contributed by atoms with Crippen LogP contribution < -0.4 is 15.0 Å². The van der Waals surface area contributed by atoms with Crippen molar-refractivity contribution in [3.8, 4) is 5.75 Å². The number of hydrogen-bond acceptors (Lipinski definition) is 3. The van der Waals surface area contributed by atoms with Crippen LogP contribution in [-0.2, 0) is 0 Å². The van der Waals surface area contributed by atoms with Crippen molar-refractivity contribution in [3.05, 3.63) is 24.3 Å². The molecule has 1 heterocycles. The summed E-state index contributed by atoms with van der Waals surface area (Å²) in [5.74, 6) is 1.60. The van der Waals surface area contributed by atoms with Gasteiger partial charge in [-0.25, -0.2) is 0 Å². The zero-order valence-corrected chi connectivity index (χ0v) is 13.4. The van der Waals surface area contributed by atoms with Crippen molar-refractivity contribution < 1.29 is 4.74 Å². The van der Waals surface area contributed by atoms with Crippen molar-refractivity contribution in [1.82, 2.24) is 5.32 Å². The molecule has 3 nitrogen and oxygen atoms in total. The Bertz CT molecular complexity index is 442. The number of hydrogen-bond donors (Lipinski definition) is 1. The normalized spacial score (nSPS) is 22.1. The van der Waals surface area contributed by atoms with Crippen LogP contribution >= 0.6 is 0 Å². The minimum absolute atomic E-state index is 0.130. The first-order valence-corrected chi connectivity index (χ1v) is 7.68. The number of ether oxygens (including phenoxy) is 1. The van der Waals surface area contributed by atoms with E-state index in [4.69, 9.17) is 4.74 Å². The number of rotatable bonds is 4. The Morgan fingerprint density at radius 2 is 2.05 bits per heavy atom. The second-order valence-electron chi connectivity index (χ2n) is 6.60. The fourth-order valence-corrected chi connectivity index (χ4v) is 2.92. The van der Waals surface area contributed by atoms with Crippen LogP contribution in [0.1, 0.15) is 34.6 Å². The summed E-state index contributed by atoms with van der Waals surface area (Å²) in [7, 11) is 0. The number of piperazine rings is 1. The quantitative estimate of drug-likeness (QED) is 0.913. The van der Waals surface area contributed by atoms with Crippen molar-refractivity contribution in [1.29, 1.82) is 0 Å². The van der Waals surface area contributed by atoms with E-state index in [1.54, 1.807) is 0 Å². The summed E-state index contributed by atoms with van der Waals surface area (Å²) in [5.41, 5.74) is 1.35. The van der Waals surface area contributed by atoms with Crippen LogP contribution in [0.3, 0.4) is 0 Å². The molecule has 112 valence electrons. The molecule has 0 aliphatic carbocycles. The molecule has 1 N–H and O–H groups in total. The fraction of sp³-hybridized carbons (Fsp3) is 0.647. The lowest BCUT2D eigenvalue weighted by Crippen LogP contribution is -2.63. The first-order chi connectivity index (χ1) is 9.44. The zero-order chi connectivity index (χ0) is 14.8. The van der Waals surface area contributed by atoms with Crippen LogP contribution in [0.5, 0.6) is 5.75 Å². The van der Waals surface area contributed by atoms with Crippen LogP contribution in [-0.4, -0.2) is 31.3 Å². The van der Waals surface area contributed by atoms with E-state index in [1.165, 1.54) is 5.69 Å². The van der Waals surface area contributed by atoms with Gasteiger partial charge in [-0.1, -0.05) is 26.0 Å². The van der Waals surface area contributed by atoms with Crippen LogP contribution in [0.4, 0.5) is 5.69 Å². The summed E-state index contributed by atoms with van der Waals surface area (Å²) in [5, 5.41) is 3.66. The monoisotopic (exact) mass is 276 g/mol. The number of nitrogens with zero attached hydrogens (tertiary/aromatic N) is 1. The molecular weight excluding hydrogens is 248 g/mol. The van der Waals surface area contributed by atoms with Gasteiger partial charge in [-0.2, -0.15) is 0 Å². The lowest BCUT2D eigenvalue weighted by molar-refractivity contribution is 0.272. The van der Waals surface area contributed by atoms with Gasteiger partial charge in [-0.05, 0) is 38.8 Å². The van der Waals surface area contributed by atoms with Gasteiger partial charge < -0.3 is 15.0 Å². The van der Waals surface area contributed by atoms with Gasteiger partial charge in [0.05, 0.1) is 12.3 Å². The molecule has 0 bridgehead atoms. The van der Waals surface area contributed by atoms with Gasteiger partial charge in [0.25, 0.3) is 0 Å². The van der Waals surface area contributed by atoms with Crippen molar-refractivity contribution >= 4 is 5.69 Å². The van der Waals surface area contributed by atoms with E-state index in [9.17, 15) is 0 Å². The summed E-state index contributed by atoms with van der Waals surface area (Å²) in [6.07, 6.45) is 0. The van der Waals surface area contributed by atoms with Crippen LogP contribution in [0, 0.1) is 5.92 Å². The van der Waals surface area contributed by atoms with E-state index < -0.39 is 0 Å². The molecule has 1 aliphatic heterocycles. The largest absolute Gasteiger partial charge is 0.492 e. The maximum absolute atomic E-state index is 5.82. The maximum Gasteiger partial charge on any atom is 0.142 e. The van der Waals surface area contributed by atoms with Gasteiger partial charge in [-0.3, -0.25) is 0 Å². The van der Waals surface area contributed by atoms with Crippen LogP contribution in [0.2, 0.25) is 0 Å². The van der Waals surface area contributed by atoms with E-state index in [1.807, 2.05) is 13.0 Å². The molecule has 2 rings (SSSR count). The molecule has 1 fully saturated rings. The highest BCUT2D eigenvalue weighted by atomic mass is 16.5. The molecule has 20 heavy (non-hydrogen) atoms. The Morgan fingerprint density at radius 3 is 2.70 bits per heavy atom. The second-order valence-corrected chi connectivity index (χ2v) is 6.60. The highest BCUT2D eigenvalue weighted by molar-refractivity contribution is 5.60. The van der Waals surface area contributed by atoms with Crippen molar-refractivity contribution in [2.75, 3.05) is 24.6 Å². The van der Waals surface area contributed by atoms with Gasteiger partial charge in [0.2, 0.25) is 0 Å². The van der Waals surface area contributed by atoms with Crippen LogP contribution in [0.15, 0.2) is 24.3 Å². The standard InChI is InChI=1S/C17H28N2O/c1-6-20-16-10-8-7-9-14(16)19-12-17(4,5)18-11-15(19)13(2)3/h7-10,13,15,18H,6,11-12H2,1-5H3. The van der Waals surface area contributed by atoms with Crippen LogP contribution in [0.25, 0.3) is 0 Å².